The van der Waals surface area contributed by atoms with Crippen molar-refractivity contribution in [2.75, 3.05) is 0 Å². The summed E-state index contributed by atoms with van der Waals surface area (Å²) in [5.74, 6) is 1.68. The molecule has 2 aromatic rings. The Morgan fingerprint density at radius 3 is 2.95 bits per heavy atom. The Bertz CT molecular complexity index is 560. The molecule has 1 N–H and O–H groups in total. The van der Waals surface area contributed by atoms with Crippen LogP contribution in [0.25, 0.3) is 0 Å². The first-order valence-corrected chi connectivity index (χ1v) is 7.33. The Morgan fingerprint density at radius 1 is 1.42 bits per heavy atom. The lowest BCUT2D eigenvalue weighted by Gasteiger charge is -2.36. The van der Waals surface area contributed by atoms with Gasteiger partial charge in [-0.25, -0.2) is 0 Å². The Morgan fingerprint density at radius 2 is 2.26 bits per heavy atom. The highest BCUT2D eigenvalue weighted by atomic mass is 79.9. The van der Waals surface area contributed by atoms with Crippen LogP contribution in [0.4, 0.5) is 0 Å². The zero-order valence-corrected chi connectivity index (χ0v) is 12.5. The molecular weight excluding hydrogens is 304 g/mol. The van der Waals surface area contributed by atoms with E-state index in [-0.39, 0.29) is 0 Å². The van der Waals surface area contributed by atoms with Gasteiger partial charge in [0.05, 0.1) is 6.54 Å². The lowest BCUT2D eigenvalue weighted by Crippen LogP contribution is -2.40. The Balaban J connectivity index is 1.49. The van der Waals surface area contributed by atoms with Crippen molar-refractivity contribution in [3.8, 4) is 0 Å². The van der Waals surface area contributed by atoms with Crippen molar-refractivity contribution in [3.05, 3.63) is 46.5 Å². The van der Waals surface area contributed by atoms with E-state index in [1.54, 1.807) is 6.33 Å². The van der Waals surface area contributed by atoms with Crippen LogP contribution < -0.4 is 5.32 Å². The number of halogens is 1. The Hall–Kier alpha value is -1.20. The number of nitrogens with zero attached hydrogens (tertiary/aromatic N) is 3. The summed E-state index contributed by atoms with van der Waals surface area (Å²) in [6.07, 6.45) is 4.14. The molecule has 1 aromatic heterocycles. The molecule has 1 fully saturated rings. The largest absolute Gasteiger partial charge is 0.320 e. The third-order valence-corrected chi connectivity index (χ3v) is 4.31. The molecule has 19 heavy (non-hydrogen) atoms. The second kappa shape index (κ2) is 5.43. The normalized spacial score (nSPS) is 22.2. The standard InChI is InChI=1S/C14H17BrN4/c1-19-9-17-18-14(19)8-16-13-6-11(7-13)10-3-2-4-12(15)5-10/h2-5,9,11,13,16H,6-8H2,1H3. The van der Waals surface area contributed by atoms with Crippen molar-refractivity contribution in [2.45, 2.75) is 31.3 Å². The molecule has 1 aliphatic rings. The number of aryl methyl sites for hydroxylation is 1. The van der Waals surface area contributed by atoms with Crippen molar-refractivity contribution in [2.24, 2.45) is 7.05 Å². The van der Waals surface area contributed by atoms with Gasteiger partial charge in [0.15, 0.2) is 0 Å². The van der Waals surface area contributed by atoms with Crippen LogP contribution >= 0.6 is 15.9 Å². The average molecular weight is 321 g/mol. The maximum absolute atomic E-state index is 4.08. The van der Waals surface area contributed by atoms with E-state index >= 15 is 0 Å². The maximum atomic E-state index is 4.08. The van der Waals surface area contributed by atoms with Crippen molar-refractivity contribution in [1.29, 1.82) is 0 Å². The zero-order chi connectivity index (χ0) is 13.2. The van der Waals surface area contributed by atoms with Gasteiger partial charge in [-0.2, -0.15) is 0 Å². The molecule has 0 radical (unpaired) electrons. The highest BCUT2D eigenvalue weighted by Gasteiger charge is 2.30. The van der Waals surface area contributed by atoms with Gasteiger partial charge < -0.3 is 9.88 Å². The fourth-order valence-electron chi connectivity index (χ4n) is 2.52. The zero-order valence-electron chi connectivity index (χ0n) is 10.9. The summed E-state index contributed by atoms with van der Waals surface area (Å²) in [6, 6.07) is 9.23. The number of aromatic nitrogens is 3. The molecule has 0 spiro atoms. The van der Waals surface area contributed by atoms with Gasteiger partial charge in [-0.15, -0.1) is 10.2 Å². The predicted octanol–water partition coefficient (Wildman–Crippen LogP) is 2.61. The maximum Gasteiger partial charge on any atom is 0.146 e. The van der Waals surface area contributed by atoms with E-state index in [2.05, 4.69) is 55.7 Å². The quantitative estimate of drug-likeness (QED) is 0.941. The third-order valence-electron chi connectivity index (χ3n) is 3.81. The van der Waals surface area contributed by atoms with Gasteiger partial charge in [0.2, 0.25) is 0 Å². The van der Waals surface area contributed by atoms with E-state index < -0.39 is 0 Å². The number of rotatable bonds is 4. The Kier molecular flexibility index (Phi) is 3.66. The summed E-state index contributed by atoms with van der Waals surface area (Å²) in [4.78, 5) is 0. The summed E-state index contributed by atoms with van der Waals surface area (Å²) in [5.41, 5.74) is 1.44. The molecule has 1 heterocycles. The minimum atomic E-state index is 0.598. The number of nitrogens with one attached hydrogen (secondary N) is 1. The first-order chi connectivity index (χ1) is 9.22. The SMILES string of the molecule is Cn1cnnc1CNC1CC(c2cccc(Br)c2)C1. The van der Waals surface area contributed by atoms with Crippen molar-refractivity contribution < 1.29 is 0 Å². The summed E-state index contributed by atoms with van der Waals surface area (Å²) in [7, 11) is 1.97. The molecule has 5 heteroatoms. The molecule has 0 saturated heterocycles. The average Bonchev–Trinajstić information content (AvgIpc) is 2.73. The molecule has 1 aromatic carbocycles. The number of benzene rings is 1. The molecule has 1 aliphatic carbocycles. The van der Waals surface area contributed by atoms with Crippen LogP contribution in [0.15, 0.2) is 35.1 Å². The smallest absolute Gasteiger partial charge is 0.146 e. The van der Waals surface area contributed by atoms with Crippen LogP contribution in [-0.2, 0) is 13.6 Å². The molecule has 0 atom stereocenters. The predicted molar refractivity (Wildman–Crippen MR) is 77.7 cm³/mol. The number of hydrogen-bond acceptors (Lipinski definition) is 3. The van der Waals surface area contributed by atoms with Crippen LogP contribution in [0.3, 0.4) is 0 Å². The van der Waals surface area contributed by atoms with Gasteiger partial charge in [-0.1, -0.05) is 28.1 Å². The highest BCUT2D eigenvalue weighted by Crippen LogP contribution is 2.37. The Labute approximate surface area is 121 Å². The third kappa shape index (κ3) is 2.87. The van der Waals surface area contributed by atoms with Crippen LogP contribution in [-0.4, -0.2) is 20.8 Å². The summed E-state index contributed by atoms with van der Waals surface area (Å²) >= 11 is 3.53. The molecular formula is C14H17BrN4. The van der Waals surface area contributed by atoms with Gasteiger partial charge in [-0.05, 0) is 36.5 Å². The van der Waals surface area contributed by atoms with Crippen molar-refractivity contribution in [1.82, 2.24) is 20.1 Å². The lowest BCUT2D eigenvalue weighted by molar-refractivity contribution is 0.286. The fourth-order valence-corrected chi connectivity index (χ4v) is 2.94. The van der Waals surface area contributed by atoms with Gasteiger partial charge in [-0.3, -0.25) is 0 Å². The molecule has 4 nitrogen and oxygen atoms in total. The molecule has 3 rings (SSSR count). The molecule has 0 aliphatic heterocycles. The highest BCUT2D eigenvalue weighted by molar-refractivity contribution is 9.10. The lowest BCUT2D eigenvalue weighted by atomic mass is 9.76. The van der Waals surface area contributed by atoms with Crippen LogP contribution in [0, 0.1) is 0 Å². The molecule has 1 saturated carbocycles. The summed E-state index contributed by atoms with van der Waals surface area (Å²) in [6.45, 7) is 0.798. The van der Waals surface area contributed by atoms with Crippen LogP contribution in [0.5, 0.6) is 0 Å². The van der Waals surface area contributed by atoms with Crippen molar-refractivity contribution in [3.63, 3.8) is 0 Å². The van der Waals surface area contributed by atoms with Gasteiger partial charge in [0.25, 0.3) is 0 Å². The molecule has 0 unspecified atom stereocenters. The van der Waals surface area contributed by atoms with Gasteiger partial charge in [0, 0.05) is 17.6 Å². The molecule has 0 bridgehead atoms. The minimum Gasteiger partial charge on any atom is -0.320 e. The molecule has 100 valence electrons. The number of hydrogen-bond donors (Lipinski definition) is 1. The second-order valence-corrected chi connectivity index (χ2v) is 6.07. The second-order valence-electron chi connectivity index (χ2n) is 5.16. The minimum absolute atomic E-state index is 0.598. The monoisotopic (exact) mass is 320 g/mol. The van der Waals surface area contributed by atoms with E-state index in [0.29, 0.717) is 12.0 Å². The first kappa shape index (κ1) is 12.8. The van der Waals surface area contributed by atoms with E-state index in [1.165, 1.54) is 22.9 Å². The van der Waals surface area contributed by atoms with Gasteiger partial charge >= 0.3 is 0 Å². The summed E-state index contributed by atoms with van der Waals surface area (Å²) < 4.78 is 3.12. The fraction of sp³-hybridized carbons (Fsp3) is 0.429. The van der Waals surface area contributed by atoms with E-state index in [1.807, 2.05) is 11.6 Å². The van der Waals surface area contributed by atoms with Crippen LogP contribution in [0.2, 0.25) is 0 Å². The molecule has 0 amide bonds. The van der Waals surface area contributed by atoms with Crippen LogP contribution in [0.1, 0.15) is 30.1 Å². The van der Waals surface area contributed by atoms with E-state index in [0.717, 1.165) is 12.4 Å². The topological polar surface area (TPSA) is 42.7 Å². The van der Waals surface area contributed by atoms with Crippen molar-refractivity contribution >= 4 is 15.9 Å². The first-order valence-electron chi connectivity index (χ1n) is 6.54. The van der Waals surface area contributed by atoms with E-state index in [4.69, 9.17) is 0 Å². The summed E-state index contributed by atoms with van der Waals surface area (Å²) in [5, 5.41) is 11.5. The van der Waals surface area contributed by atoms with Gasteiger partial charge in [0.1, 0.15) is 12.2 Å². The van der Waals surface area contributed by atoms with E-state index in [9.17, 15) is 0 Å².